The molecule has 1 heterocycles. The molecule has 0 spiro atoms. The first kappa shape index (κ1) is 20.9. The van der Waals surface area contributed by atoms with E-state index in [9.17, 15) is 19.5 Å². The van der Waals surface area contributed by atoms with Crippen LogP contribution in [0.2, 0.25) is 0 Å². The first-order valence-electron chi connectivity index (χ1n) is 9.96. The summed E-state index contributed by atoms with van der Waals surface area (Å²) in [4.78, 5) is 36.2. The zero-order valence-electron chi connectivity index (χ0n) is 17.2. The minimum absolute atomic E-state index is 0.124. The van der Waals surface area contributed by atoms with Crippen LogP contribution in [0.25, 0.3) is 11.0 Å². The van der Waals surface area contributed by atoms with E-state index in [2.05, 4.69) is 5.32 Å². The fourth-order valence-corrected chi connectivity index (χ4v) is 3.82. The quantitative estimate of drug-likeness (QED) is 0.691. The van der Waals surface area contributed by atoms with Crippen LogP contribution in [0.4, 0.5) is 0 Å². The normalized spacial score (nSPS) is 15.2. The first-order chi connectivity index (χ1) is 13.7. The Morgan fingerprint density at radius 1 is 1.21 bits per heavy atom. The van der Waals surface area contributed by atoms with Crippen molar-refractivity contribution in [3.63, 3.8) is 0 Å². The van der Waals surface area contributed by atoms with Crippen LogP contribution in [-0.2, 0) is 22.4 Å². The van der Waals surface area contributed by atoms with E-state index in [1.54, 1.807) is 13.0 Å². The van der Waals surface area contributed by atoms with Crippen molar-refractivity contribution in [2.45, 2.75) is 65.5 Å². The summed E-state index contributed by atoms with van der Waals surface area (Å²) in [6.07, 6.45) is 1.73. The number of amides is 1. The van der Waals surface area contributed by atoms with Crippen molar-refractivity contribution in [3.8, 4) is 5.75 Å². The highest BCUT2D eigenvalue weighted by Gasteiger charge is 2.27. The monoisotopic (exact) mass is 401 g/mol. The van der Waals surface area contributed by atoms with Crippen LogP contribution in [-0.4, -0.2) is 29.1 Å². The average Bonchev–Trinajstić information content (AvgIpc) is 3.10. The van der Waals surface area contributed by atoms with Crippen molar-refractivity contribution in [1.82, 2.24) is 5.32 Å². The van der Waals surface area contributed by atoms with Gasteiger partial charge in [0, 0.05) is 5.56 Å². The van der Waals surface area contributed by atoms with Crippen LogP contribution in [0, 0.1) is 12.8 Å². The summed E-state index contributed by atoms with van der Waals surface area (Å²) in [5.74, 6) is -0.972. The Labute approximate surface area is 169 Å². The molecule has 0 bridgehead atoms. The van der Waals surface area contributed by atoms with E-state index in [-0.39, 0.29) is 11.5 Å². The van der Waals surface area contributed by atoms with Gasteiger partial charge < -0.3 is 19.6 Å². The van der Waals surface area contributed by atoms with Crippen molar-refractivity contribution in [3.05, 3.63) is 39.2 Å². The van der Waals surface area contributed by atoms with E-state index in [0.29, 0.717) is 29.7 Å². The molecule has 0 fully saturated rings. The van der Waals surface area contributed by atoms with E-state index < -0.39 is 24.0 Å². The van der Waals surface area contributed by atoms with Crippen LogP contribution >= 0.6 is 0 Å². The molecule has 156 valence electrons. The lowest BCUT2D eigenvalue weighted by Crippen LogP contribution is -2.46. The molecular weight excluding hydrogens is 374 g/mol. The van der Waals surface area contributed by atoms with E-state index in [4.69, 9.17) is 9.15 Å². The van der Waals surface area contributed by atoms with Gasteiger partial charge >= 0.3 is 11.6 Å². The number of fused-ring (bicyclic) bond motifs is 3. The number of rotatable bonds is 7. The van der Waals surface area contributed by atoms with Crippen molar-refractivity contribution < 1.29 is 23.8 Å². The van der Waals surface area contributed by atoms with Crippen LogP contribution in [0.1, 0.15) is 50.3 Å². The molecule has 0 saturated carbocycles. The number of carboxylic acids is 1. The van der Waals surface area contributed by atoms with Gasteiger partial charge in [0.15, 0.2) is 6.10 Å². The molecule has 7 heteroatoms. The highest BCUT2D eigenvalue weighted by atomic mass is 16.5. The second-order valence-electron chi connectivity index (χ2n) is 8.13. The fraction of sp³-hybridized carbons (Fsp3) is 0.500. The molecule has 2 N–H and O–H groups in total. The highest BCUT2D eigenvalue weighted by molar-refractivity contribution is 5.90. The number of carboxylic acid groups (broad SMARTS) is 1. The molecule has 0 unspecified atom stereocenters. The Morgan fingerprint density at radius 3 is 2.55 bits per heavy atom. The number of benzene rings is 1. The zero-order valence-corrected chi connectivity index (χ0v) is 17.2. The molecule has 1 aromatic carbocycles. The molecule has 0 aliphatic heterocycles. The van der Waals surface area contributed by atoms with Crippen molar-refractivity contribution in [2.75, 3.05) is 0 Å². The van der Waals surface area contributed by atoms with Gasteiger partial charge in [-0.25, -0.2) is 9.59 Å². The number of nitrogens with one attached hydrogen (secondary N) is 1. The minimum atomic E-state index is -1.07. The van der Waals surface area contributed by atoms with Gasteiger partial charge in [0.05, 0.1) is 5.39 Å². The SMILES string of the molecule is Cc1cc(O[C@H](C)C(=O)N[C@@H](CC(C)C)C(=O)O)c2c3c(c(=O)oc2c1)CCC3. The van der Waals surface area contributed by atoms with Gasteiger partial charge in [-0.1, -0.05) is 13.8 Å². The minimum Gasteiger partial charge on any atom is -0.480 e. The summed E-state index contributed by atoms with van der Waals surface area (Å²) in [6.45, 7) is 7.23. The third-order valence-electron chi connectivity index (χ3n) is 5.17. The van der Waals surface area contributed by atoms with Crippen molar-refractivity contribution in [2.24, 2.45) is 5.92 Å². The summed E-state index contributed by atoms with van der Waals surface area (Å²) in [7, 11) is 0. The van der Waals surface area contributed by atoms with Crippen LogP contribution in [0.3, 0.4) is 0 Å². The van der Waals surface area contributed by atoms with Crippen molar-refractivity contribution >= 4 is 22.8 Å². The lowest BCUT2D eigenvalue weighted by Gasteiger charge is -2.21. The Kier molecular flexibility index (Phi) is 5.96. The molecule has 2 atom stereocenters. The summed E-state index contributed by atoms with van der Waals surface area (Å²) < 4.78 is 11.4. The third kappa shape index (κ3) is 4.44. The first-order valence-corrected chi connectivity index (χ1v) is 9.96. The summed E-state index contributed by atoms with van der Waals surface area (Å²) in [5, 5.41) is 12.6. The number of aliphatic carboxylic acids is 1. The Hall–Kier alpha value is -2.83. The van der Waals surface area contributed by atoms with Gasteiger partial charge in [-0.05, 0) is 68.7 Å². The number of carbonyl (C=O) groups is 2. The predicted molar refractivity (Wildman–Crippen MR) is 108 cm³/mol. The van der Waals surface area contributed by atoms with E-state index >= 15 is 0 Å². The molecule has 1 aliphatic carbocycles. The van der Waals surface area contributed by atoms with Crippen LogP contribution in [0.15, 0.2) is 21.3 Å². The van der Waals surface area contributed by atoms with Gasteiger partial charge in [-0.15, -0.1) is 0 Å². The molecular formula is C22H27NO6. The van der Waals surface area contributed by atoms with E-state index in [1.165, 1.54) is 0 Å². The zero-order chi connectivity index (χ0) is 21.3. The topological polar surface area (TPSA) is 106 Å². The van der Waals surface area contributed by atoms with Gasteiger partial charge in [0.1, 0.15) is 17.4 Å². The molecule has 0 saturated heterocycles. The molecule has 7 nitrogen and oxygen atoms in total. The molecule has 1 aliphatic rings. The number of hydrogen-bond donors (Lipinski definition) is 2. The smallest absolute Gasteiger partial charge is 0.339 e. The predicted octanol–water partition coefficient (Wildman–Crippen LogP) is 2.97. The summed E-state index contributed by atoms with van der Waals surface area (Å²) in [5.41, 5.74) is 2.56. The molecule has 29 heavy (non-hydrogen) atoms. The van der Waals surface area contributed by atoms with Gasteiger partial charge in [-0.2, -0.15) is 0 Å². The second-order valence-corrected chi connectivity index (χ2v) is 8.13. The summed E-state index contributed by atoms with van der Waals surface area (Å²) in [6, 6.07) is 2.63. The van der Waals surface area contributed by atoms with Crippen LogP contribution in [0.5, 0.6) is 5.75 Å². The number of hydrogen-bond acceptors (Lipinski definition) is 5. The average molecular weight is 401 g/mol. The number of aryl methyl sites for hydroxylation is 2. The molecule has 1 amide bonds. The largest absolute Gasteiger partial charge is 0.480 e. The molecule has 3 rings (SSSR count). The standard InChI is InChI=1S/C22H27NO6/c1-11(2)8-16(21(25)26)23-20(24)13(4)28-17-9-12(3)10-18-19(17)14-6-5-7-15(14)22(27)29-18/h9-11,13,16H,5-8H2,1-4H3,(H,23,24)(H,25,26)/t13-,16+/m1/s1. The van der Waals surface area contributed by atoms with Crippen molar-refractivity contribution in [1.29, 1.82) is 0 Å². The van der Waals surface area contributed by atoms with Gasteiger partial charge in [0.2, 0.25) is 0 Å². The Balaban J connectivity index is 1.89. The molecule has 0 radical (unpaired) electrons. The van der Waals surface area contributed by atoms with Gasteiger partial charge in [-0.3, -0.25) is 4.79 Å². The maximum absolute atomic E-state index is 12.6. The Morgan fingerprint density at radius 2 is 1.90 bits per heavy atom. The number of carbonyl (C=O) groups excluding carboxylic acids is 1. The van der Waals surface area contributed by atoms with Gasteiger partial charge in [0.25, 0.3) is 5.91 Å². The lowest BCUT2D eigenvalue weighted by atomic mass is 10.0. The molecule has 2 aromatic rings. The van der Waals surface area contributed by atoms with E-state index in [1.807, 2.05) is 26.8 Å². The Bertz CT molecular complexity index is 1010. The summed E-state index contributed by atoms with van der Waals surface area (Å²) >= 11 is 0. The second kappa shape index (κ2) is 8.27. The number of ether oxygens (including phenoxy) is 1. The third-order valence-corrected chi connectivity index (χ3v) is 5.17. The maximum atomic E-state index is 12.6. The molecule has 1 aromatic heterocycles. The maximum Gasteiger partial charge on any atom is 0.339 e. The highest BCUT2D eigenvalue weighted by Crippen LogP contribution is 2.35. The lowest BCUT2D eigenvalue weighted by molar-refractivity contribution is -0.143. The van der Waals surface area contributed by atoms with E-state index in [0.717, 1.165) is 29.4 Å². The van der Waals surface area contributed by atoms with Crippen LogP contribution < -0.4 is 15.7 Å². The fourth-order valence-electron chi connectivity index (χ4n) is 3.82.